The Morgan fingerprint density at radius 1 is 1.56 bits per heavy atom. The number of aromatic amines is 1. The van der Waals surface area contributed by atoms with Gasteiger partial charge in [0, 0.05) is 0 Å². The molecule has 88 valence electrons. The Morgan fingerprint density at radius 3 is 2.56 bits per heavy atom. The lowest BCUT2D eigenvalue weighted by molar-refractivity contribution is 0.0589. The van der Waals surface area contributed by atoms with Crippen LogP contribution in [0, 0.1) is 0 Å². The first-order valence-electron chi connectivity index (χ1n) is 4.48. The summed E-state index contributed by atoms with van der Waals surface area (Å²) in [5, 5.41) is 9.34. The zero-order valence-electron chi connectivity index (χ0n) is 9.20. The minimum absolute atomic E-state index is 0.0932. The smallest absolute Gasteiger partial charge is 0.360 e. The van der Waals surface area contributed by atoms with Gasteiger partial charge in [-0.25, -0.2) is 9.78 Å². The zero-order valence-corrected chi connectivity index (χ0v) is 9.20. The second-order valence-electron chi connectivity index (χ2n) is 3.83. The van der Waals surface area contributed by atoms with Crippen LogP contribution in [0.25, 0.3) is 0 Å². The number of H-pyrrole nitrogens is 1. The summed E-state index contributed by atoms with van der Waals surface area (Å²) in [7, 11) is 1.12. The largest absolute Gasteiger partial charge is 0.501 e. The number of nitrogens with two attached hydrogens (primary N) is 1. The van der Waals surface area contributed by atoms with Crippen molar-refractivity contribution in [2.24, 2.45) is 5.73 Å². The minimum atomic E-state index is -0.935. The van der Waals surface area contributed by atoms with Crippen molar-refractivity contribution < 1.29 is 14.6 Å². The van der Waals surface area contributed by atoms with Gasteiger partial charge in [0.25, 0.3) is 5.56 Å². The molecule has 4 N–H and O–H groups in total. The Bertz CT molecular complexity index is 473. The summed E-state index contributed by atoms with van der Waals surface area (Å²) in [6.07, 6.45) is 0. The molecule has 0 radical (unpaired) electrons. The fourth-order valence-corrected chi connectivity index (χ4v) is 1.01. The van der Waals surface area contributed by atoms with Crippen molar-refractivity contribution in [2.75, 3.05) is 7.11 Å². The normalized spacial score (nSPS) is 11.2. The molecule has 0 aromatic carbocycles. The van der Waals surface area contributed by atoms with Crippen LogP contribution in [0.4, 0.5) is 0 Å². The number of aromatic nitrogens is 2. The standard InChI is InChI=1S/C9H13N3O4/c1-9(2,10)8-11-4(7(15)16-3)5(13)6(14)12-8/h13H,10H2,1-3H3,(H,11,12,14). The molecule has 7 nitrogen and oxygen atoms in total. The summed E-state index contributed by atoms with van der Waals surface area (Å²) < 4.78 is 4.38. The molecule has 0 fully saturated rings. The maximum absolute atomic E-state index is 11.3. The van der Waals surface area contributed by atoms with E-state index in [9.17, 15) is 14.7 Å². The number of methoxy groups -OCH3 is 1. The lowest BCUT2D eigenvalue weighted by atomic mass is 10.1. The van der Waals surface area contributed by atoms with E-state index < -0.39 is 28.5 Å². The van der Waals surface area contributed by atoms with Crippen molar-refractivity contribution in [3.8, 4) is 5.75 Å². The highest BCUT2D eigenvalue weighted by Crippen LogP contribution is 2.15. The van der Waals surface area contributed by atoms with Crippen molar-refractivity contribution >= 4 is 5.97 Å². The number of hydrogen-bond acceptors (Lipinski definition) is 6. The monoisotopic (exact) mass is 227 g/mol. The van der Waals surface area contributed by atoms with Crippen LogP contribution in [0.3, 0.4) is 0 Å². The maximum atomic E-state index is 11.3. The minimum Gasteiger partial charge on any atom is -0.501 e. The van der Waals surface area contributed by atoms with Crippen molar-refractivity contribution in [1.82, 2.24) is 9.97 Å². The van der Waals surface area contributed by atoms with Gasteiger partial charge in [0.15, 0.2) is 5.69 Å². The van der Waals surface area contributed by atoms with Crippen LogP contribution in [0.2, 0.25) is 0 Å². The predicted octanol–water partition coefficient (Wildman–Crippen LogP) is -0.544. The highest BCUT2D eigenvalue weighted by atomic mass is 16.5. The van der Waals surface area contributed by atoms with Crippen LogP contribution < -0.4 is 11.3 Å². The fraction of sp³-hybridized carbons (Fsp3) is 0.444. The molecule has 0 saturated heterocycles. The number of esters is 1. The Labute approximate surface area is 91.3 Å². The fourth-order valence-electron chi connectivity index (χ4n) is 1.01. The molecule has 1 aromatic rings. The number of carbonyl (C=O) groups is 1. The molecule has 16 heavy (non-hydrogen) atoms. The van der Waals surface area contributed by atoms with Crippen molar-refractivity contribution in [3.05, 3.63) is 21.9 Å². The number of hydrogen-bond donors (Lipinski definition) is 3. The predicted molar refractivity (Wildman–Crippen MR) is 55.1 cm³/mol. The first-order valence-corrected chi connectivity index (χ1v) is 4.48. The molecule has 0 bridgehead atoms. The molecular formula is C9H13N3O4. The Morgan fingerprint density at radius 2 is 2.12 bits per heavy atom. The van der Waals surface area contributed by atoms with Gasteiger partial charge in [-0.3, -0.25) is 4.79 Å². The van der Waals surface area contributed by atoms with Crippen LogP contribution in [0.1, 0.15) is 30.2 Å². The SMILES string of the molecule is COC(=O)c1nc(C(C)(C)N)[nH]c(=O)c1O. The number of rotatable bonds is 2. The second-order valence-corrected chi connectivity index (χ2v) is 3.83. The Kier molecular flexibility index (Phi) is 2.99. The number of carbonyl (C=O) groups excluding carboxylic acids is 1. The Hall–Kier alpha value is -1.89. The molecule has 1 rings (SSSR count). The first kappa shape index (κ1) is 12.2. The first-order chi connectivity index (χ1) is 7.27. The third kappa shape index (κ3) is 2.19. The second kappa shape index (κ2) is 3.93. The van der Waals surface area contributed by atoms with Crippen LogP contribution in [-0.4, -0.2) is 28.2 Å². The van der Waals surface area contributed by atoms with E-state index in [1.165, 1.54) is 0 Å². The summed E-state index contributed by atoms with van der Waals surface area (Å²) >= 11 is 0. The topological polar surface area (TPSA) is 118 Å². The van der Waals surface area contributed by atoms with Gasteiger partial charge in [-0.2, -0.15) is 0 Å². The van der Waals surface area contributed by atoms with Gasteiger partial charge < -0.3 is 20.6 Å². The molecule has 0 aliphatic carbocycles. The van der Waals surface area contributed by atoms with E-state index in [4.69, 9.17) is 5.73 Å². The third-order valence-electron chi connectivity index (χ3n) is 1.88. The van der Waals surface area contributed by atoms with Gasteiger partial charge in [0.1, 0.15) is 5.82 Å². The molecule has 0 aliphatic rings. The van der Waals surface area contributed by atoms with Crippen molar-refractivity contribution in [2.45, 2.75) is 19.4 Å². The molecule has 0 unspecified atom stereocenters. The lowest BCUT2D eigenvalue weighted by Crippen LogP contribution is -2.34. The van der Waals surface area contributed by atoms with E-state index in [2.05, 4.69) is 14.7 Å². The van der Waals surface area contributed by atoms with Gasteiger partial charge >= 0.3 is 5.97 Å². The van der Waals surface area contributed by atoms with E-state index in [1.54, 1.807) is 13.8 Å². The summed E-state index contributed by atoms with van der Waals surface area (Å²) in [4.78, 5) is 28.6. The van der Waals surface area contributed by atoms with E-state index in [0.717, 1.165) is 7.11 Å². The average molecular weight is 227 g/mol. The van der Waals surface area contributed by atoms with Crippen LogP contribution in [0.5, 0.6) is 5.75 Å². The molecule has 0 spiro atoms. The van der Waals surface area contributed by atoms with Gasteiger partial charge in [0.05, 0.1) is 12.6 Å². The highest BCUT2D eigenvalue weighted by molar-refractivity contribution is 5.89. The summed E-state index contributed by atoms with van der Waals surface area (Å²) in [5.41, 5.74) is 3.51. The quantitative estimate of drug-likeness (QED) is 0.583. The number of ether oxygens (including phenoxy) is 1. The van der Waals surface area contributed by atoms with E-state index in [0.29, 0.717) is 0 Å². The van der Waals surface area contributed by atoms with Crippen LogP contribution in [0.15, 0.2) is 4.79 Å². The molecule has 0 aliphatic heterocycles. The molecule has 0 atom stereocenters. The van der Waals surface area contributed by atoms with Gasteiger partial charge in [0.2, 0.25) is 5.75 Å². The summed E-state index contributed by atoms with van der Waals surface area (Å²) in [6.45, 7) is 3.20. The van der Waals surface area contributed by atoms with Gasteiger partial charge in [-0.15, -0.1) is 0 Å². The molecule has 0 amide bonds. The van der Waals surface area contributed by atoms with Gasteiger partial charge in [-0.1, -0.05) is 0 Å². The number of nitrogens with one attached hydrogen (secondary N) is 1. The van der Waals surface area contributed by atoms with Gasteiger partial charge in [-0.05, 0) is 13.8 Å². The number of aromatic hydroxyl groups is 1. The van der Waals surface area contributed by atoms with Crippen molar-refractivity contribution in [3.63, 3.8) is 0 Å². The van der Waals surface area contributed by atoms with Crippen LogP contribution >= 0.6 is 0 Å². The third-order valence-corrected chi connectivity index (χ3v) is 1.88. The summed E-state index contributed by atoms with van der Waals surface area (Å²) in [6, 6.07) is 0. The van der Waals surface area contributed by atoms with E-state index in [1.807, 2.05) is 0 Å². The van der Waals surface area contributed by atoms with E-state index in [-0.39, 0.29) is 5.82 Å². The summed E-state index contributed by atoms with van der Waals surface area (Å²) in [5.74, 6) is -1.58. The number of nitrogens with zero attached hydrogens (tertiary/aromatic N) is 1. The lowest BCUT2D eigenvalue weighted by Gasteiger charge is -2.17. The zero-order chi connectivity index (χ0) is 12.5. The molecule has 1 heterocycles. The van der Waals surface area contributed by atoms with Crippen LogP contribution in [-0.2, 0) is 10.3 Å². The van der Waals surface area contributed by atoms with Crippen molar-refractivity contribution in [1.29, 1.82) is 0 Å². The Balaban J connectivity index is 3.46. The molecule has 1 aromatic heterocycles. The highest BCUT2D eigenvalue weighted by Gasteiger charge is 2.24. The molecule has 0 saturated carbocycles. The molecular weight excluding hydrogens is 214 g/mol. The molecule has 7 heteroatoms. The maximum Gasteiger partial charge on any atom is 0.360 e. The van der Waals surface area contributed by atoms with E-state index >= 15 is 0 Å². The average Bonchev–Trinajstić information content (AvgIpc) is 2.19.